The Morgan fingerprint density at radius 2 is 2.38 bits per heavy atom. The van der Waals surface area contributed by atoms with Crippen LogP contribution in [-0.2, 0) is 4.74 Å². The number of carbonyl (C=O) groups is 1. The maximum Gasteiger partial charge on any atom is 0.404 e. The van der Waals surface area contributed by atoms with Crippen molar-refractivity contribution in [1.29, 1.82) is 0 Å². The molecule has 1 rings (SSSR count). The molecule has 0 amide bonds. The zero-order valence-corrected chi connectivity index (χ0v) is 8.12. The van der Waals surface area contributed by atoms with E-state index in [1.807, 2.05) is 24.3 Å². The van der Waals surface area contributed by atoms with Gasteiger partial charge >= 0.3 is 5.43 Å². The molecule has 1 atom stereocenters. The molecule has 0 aromatic carbocycles. The molecule has 0 aromatic heterocycles. The van der Waals surface area contributed by atoms with Crippen LogP contribution in [0.15, 0.2) is 36.0 Å². The summed E-state index contributed by atoms with van der Waals surface area (Å²) >= 11 is 5.04. The van der Waals surface area contributed by atoms with Crippen LogP contribution in [0.1, 0.15) is 6.92 Å². The van der Waals surface area contributed by atoms with Gasteiger partial charge in [-0.05, 0) is 11.5 Å². The second-order valence-electron chi connectivity index (χ2n) is 2.87. The fraction of sp³-hybridized carbons (Fsp3) is 0.300. The van der Waals surface area contributed by atoms with Crippen molar-refractivity contribution < 1.29 is 9.53 Å². The van der Waals surface area contributed by atoms with Crippen molar-refractivity contribution in [3.05, 3.63) is 36.0 Å². The van der Waals surface area contributed by atoms with Crippen molar-refractivity contribution in [1.82, 2.24) is 0 Å². The van der Waals surface area contributed by atoms with E-state index >= 15 is 0 Å². The molecule has 0 spiro atoms. The van der Waals surface area contributed by atoms with Crippen molar-refractivity contribution in [3.63, 3.8) is 0 Å². The molecule has 0 heterocycles. The van der Waals surface area contributed by atoms with Gasteiger partial charge in [0.15, 0.2) is 0 Å². The van der Waals surface area contributed by atoms with Crippen molar-refractivity contribution >= 4 is 17.0 Å². The van der Waals surface area contributed by atoms with Crippen LogP contribution in [0, 0.1) is 5.92 Å². The molecule has 1 unspecified atom stereocenters. The van der Waals surface area contributed by atoms with Crippen molar-refractivity contribution in [2.45, 2.75) is 6.92 Å². The van der Waals surface area contributed by atoms with Crippen LogP contribution in [0.5, 0.6) is 0 Å². The minimum absolute atomic E-state index is 0.232. The van der Waals surface area contributed by atoms with E-state index in [0.717, 1.165) is 5.57 Å². The Kier molecular flexibility index (Phi) is 3.77. The number of carbonyl (C=O) groups excluding carboxylic acids is 1. The summed E-state index contributed by atoms with van der Waals surface area (Å²) in [5.74, 6) is 0.417. The first kappa shape index (κ1) is 10.1. The first-order chi connectivity index (χ1) is 6.18. The largest absolute Gasteiger partial charge is 0.449 e. The van der Waals surface area contributed by atoms with Crippen LogP contribution in [0.25, 0.3) is 0 Å². The summed E-state index contributed by atoms with van der Waals surface area (Å²) in [6.07, 6.45) is 9.88. The average molecular weight is 199 g/mol. The van der Waals surface area contributed by atoms with Gasteiger partial charge in [-0.2, -0.15) is 0 Å². The number of halogens is 1. The van der Waals surface area contributed by atoms with Crippen LogP contribution in [-0.4, -0.2) is 12.0 Å². The monoisotopic (exact) mass is 198 g/mol. The molecule has 0 saturated carbocycles. The van der Waals surface area contributed by atoms with Gasteiger partial charge in [0.1, 0.15) is 6.61 Å². The van der Waals surface area contributed by atoms with E-state index in [0.29, 0.717) is 5.92 Å². The Morgan fingerprint density at radius 1 is 1.62 bits per heavy atom. The van der Waals surface area contributed by atoms with E-state index in [9.17, 15) is 4.79 Å². The average Bonchev–Trinajstić information content (AvgIpc) is 2.27. The lowest BCUT2D eigenvalue weighted by molar-refractivity contribution is 0.184. The highest BCUT2D eigenvalue weighted by Crippen LogP contribution is 2.10. The van der Waals surface area contributed by atoms with E-state index in [2.05, 4.69) is 17.7 Å². The predicted molar refractivity (Wildman–Crippen MR) is 52.7 cm³/mol. The molecule has 70 valence electrons. The Bertz CT molecular complexity index is 277. The van der Waals surface area contributed by atoms with Crippen LogP contribution in [0.2, 0.25) is 0 Å². The summed E-state index contributed by atoms with van der Waals surface area (Å²) in [5.41, 5.74) is 0.171. The first-order valence-corrected chi connectivity index (χ1v) is 4.44. The van der Waals surface area contributed by atoms with Crippen LogP contribution >= 0.6 is 11.6 Å². The Balaban J connectivity index is 2.51. The predicted octanol–water partition coefficient (Wildman–Crippen LogP) is 3.05. The summed E-state index contributed by atoms with van der Waals surface area (Å²) < 4.78 is 4.65. The number of rotatable bonds is 2. The van der Waals surface area contributed by atoms with E-state index in [4.69, 9.17) is 11.6 Å². The van der Waals surface area contributed by atoms with Crippen molar-refractivity contribution in [2.75, 3.05) is 6.61 Å². The first-order valence-electron chi connectivity index (χ1n) is 4.06. The van der Waals surface area contributed by atoms with E-state index in [1.54, 1.807) is 0 Å². The van der Waals surface area contributed by atoms with Crippen LogP contribution in [0.3, 0.4) is 0 Å². The number of hydrogen-bond donors (Lipinski definition) is 0. The second-order valence-corrected chi connectivity index (χ2v) is 3.18. The molecule has 2 nitrogen and oxygen atoms in total. The second kappa shape index (κ2) is 4.87. The SMILES string of the molecule is CC1C=CC=C(COC(=O)Cl)C=C1. The van der Waals surface area contributed by atoms with Crippen molar-refractivity contribution in [3.8, 4) is 0 Å². The van der Waals surface area contributed by atoms with E-state index in [-0.39, 0.29) is 6.61 Å². The molecular formula is C10H11ClO2. The smallest absolute Gasteiger partial charge is 0.404 e. The molecule has 0 radical (unpaired) electrons. The van der Waals surface area contributed by atoms with Gasteiger partial charge in [0.05, 0.1) is 0 Å². The van der Waals surface area contributed by atoms with Crippen LogP contribution in [0.4, 0.5) is 4.79 Å². The Hall–Kier alpha value is -1.02. The summed E-state index contributed by atoms with van der Waals surface area (Å²) in [6, 6.07) is 0. The lowest BCUT2D eigenvalue weighted by atomic mass is 10.1. The number of ether oxygens (including phenoxy) is 1. The fourth-order valence-corrected chi connectivity index (χ4v) is 1.04. The highest BCUT2D eigenvalue weighted by molar-refractivity contribution is 6.61. The quantitative estimate of drug-likeness (QED) is 0.638. The van der Waals surface area contributed by atoms with Gasteiger partial charge in [-0.1, -0.05) is 37.3 Å². The van der Waals surface area contributed by atoms with Gasteiger partial charge in [-0.3, -0.25) is 0 Å². The maximum absolute atomic E-state index is 10.3. The molecule has 0 aliphatic heterocycles. The highest BCUT2D eigenvalue weighted by Gasteiger charge is 2.00. The summed E-state index contributed by atoms with van der Waals surface area (Å²) in [7, 11) is 0. The zero-order chi connectivity index (χ0) is 9.68. The summed E-state index contributed by atoms with van der Waals surface area (Å²) in [5, 5.41) is 0. The minimum atomic E-state index is -0.768. The van der Waals surface area contributed by atoms with E-state index < -0.39 is 5.43 Å². The summed E-state index contributed by atoms with van der Waals surface area (Å²) in [4.78, 5) is 10.3. The molecular weight excluding hydrogens is 188 g/mol. The zero-order valence-electron chi connectivity index (χ0n) is 7.37. The Labute approximate surface area is 82.5 Å². The lowest BCUT2D eigenvalue weighted by Crippen LogP contribution is -1.98. The molecule has 13 heavy (non-hydrogen) atoms. The van der Waals surface area contributed by atoms with Gasteiger partial charge < -0.3 is 4.74 Å². The van der Waals surface area contributed by atoms with Gasteiger partial charge in [-0.15, -0.1) is 0 Å². The molecule has 0 fully saturated rings. The molecule has 1 aliphatic rings. The topological polar surface area (TPSA) is 26.3 Å². The molecule has 1 aliphatic carbocycles. The lowest BCUT2D eigenvalue weighted by Gasteiger charge is -1.99. The van der Waals surface area contributed by atoms with Crippen molar-refractivity contribution in [2.24, 2.45) is 5.92 Å². The van der Waals surface area contributed by atoms with Gasteiger partial charge in [-0.25, -0.2) is 4.79 Å². The maximum atomic E-state index is 10.3. The molecule has 0 aromatic rings. The standard InChI is InChI=1S/C10H11ClO2/c1-8-3-2-4-9(6-5-8)7-13-10(11)12/h2-6,8H,7H2,1H3. The normalized spacial score (nSPS) is 20.8. The van der Waals surface area contributed by atoms with E-state index in [1.165, 1.54) is 0 Å². The molecule has 0 bridgehead atoms. The molecule has 0 saturated heterocycles. The third-order valence-corrected chi connectivity index (χ3v) is 1.80. The number of allylic oxidation sites excluding steroid dienone is 4. The fourth-order valence-electron chi connectivity index (χ4n) is 0.986. The Morgan fingerprint density at radius 3 is 3.08 bits per heavy atom. The number of hydrogen-bond acceptors (Lipinski definition) is 2. The van der Waals surface area contributed by atoms with Crippen LogP contribution < -0.4 is 0 Å². The highest BCUT2D eigenvalue weighted by atomic mass is 35.5. The minimum Gasteiger partial charge on any atom is -0.449 e. The van der Waals surface area contributed by atoms with Gasteiger partial charge in [0.25, 0.3) is 0 Å². The molecule has 0 N–H and O–H groups in total. The summed E-state index contributed by atoms with van der Waals surface area (Å²) in [6.45, 7) is 2.31. The van der Waals surface area contributed by atoms with Gasteiger partial charge in [0, 0.05) is 11.6 Å². The third kappa shape index (κ3) is 3.95. The van der Waals surface area contributed by atoms with Gasteiger partial charge in [0.2, 0.25) is 0 Å². The molecule has 3 heteroatoms. The third-order valence-electron chi connectivity index (χ3n) is 1.69.